The number of aliphatic hydroxyl groups is 1. The molecule has 0 saturated heterocycles. The van der Waals surface area contributed by atoms with E-state index < -0.39 is 0 Å². The summed E-state index contributed by atoms with van der Waals surface area (Å²) in [4.78, 5) is 0. The third kappa shape index (κ3) is 1.92. The quantitative estimate of drug-likeness (QED) is 0.772. The largest absolute Gasteiger partial charge is 0.396 e. The highest BCUT2D eigenvalue weighted by atomic mass is 16.3. The number of aliphatic hydroxyl groups excluding tert-OH is 1. The van der Waals surface area contributed by atoms with Crippen molar-refractivity contribution in [2.75, 3.05) is 6.61 Å². The summed E-state index contributed by atoms with van der Waals surface area (Å²) in [6.07, 6.45) is 8.16. The zero-order valence-electron chi connectivity index (χ0n) is 11.2. The molecule has 0 amide bonds. The van der Waals surface area contributed by atoms with Crippen LogP contribution in [0.2, 0.25) is 0 Å². The highest BCUT2D eigenvalue weighted by molar-refractivity contribution is 5.00. The zero-order chi connectivity index (χ0) is 11.8. The predicted octanol–water partition coefficient (Wildman–Crippen LogP) is 3.86. The Morgan fingerprint density at radius 2 is 2.06 bits per heavy atom. The minimum atomic E-state index is 0.369. The number of hydrogen-bond acceptors (Lipinski definition) is 1. The van der Waals surface area contributed by atoms with E-state index in [1.54, 1.807) is 0 Å². The van der Waals surface area contributed by atoms with Gasteiger partial charge in [0.25, 0.3) is 0 Å². The molecule has 0 aromatic rings. The Labute approximate surface area is 101 Å². The first-order valence-corrected chi connectivity index (χ1v) is 7.20. The minimum Gasteiger partial charge on any atom is -0.396 e. The monoisotopic (exact) mass is 224 g/mol. The van der Waals surface area contributed by atoms with Crippen LogP contribution in [-0.4, -0.2) is 11.7 Å². The lowest BCUT2D eigenvalue weighted by atomic mass is 9.59. The first kappa shape index (κ1) is 12.4. The second-order valence-electron chi connectivity index (χ2n) is 6.66. The summed E-state index contributed by atoms with van der Waals surface area (Å²) < 4.78 is 0. The standard InChI is InChI=1S/C15H28O/c1-11-5-4-9-15(3)13(11)6-7-14(15)12(2)8-10-16/h11-14,16H,4-10H2,1-3H3/t11-,12+,13-,14+,15-/m0/s1. The summed E-state index contributed by atoms with van der Waals surface area (Å²) in [6, 6.07) is 0. The molecular formula is C15H28O. The zero-order valence-corrected chi connectivity index (χ0v) is 11.2. The molecule has 0 radical (unpaired) electrons. The number of hydrogen-bond donors (Lipinski definition) is 1. The number of rotatable bonds is 3. The molecule has 16 heavy (non-hydrogen) atoms. The normalized spacial score (nSPS) is 45.4. The van der Waals surface area contributed by atoms with Crippen molar-refractivity contribution in [2.45, 2.75) is 59.3 Å². The van der Waals surface area contributed by atoms with Crippen molar-refractivity contribution in [3.63, 3.8) is 0 Å². The highest BCUT2D eigenvalue weighted by Gasteiger charge is 2.50. The molecular weight excluding hydrogens is 196 g/mol. The molecule has 1 heteroatoms. The van der Waals surface area contributed by atoms with E-state index >= 15 is 0 Å². The van der Waals surface area contributed by atoms with Gasteiger partial charge in [-0.05, 0) is 54.8 Å². The van der Waals surface area contributed by atoms with Gasteiger partial charge in [0.15, 0.2) is 0 Å². The van der Waals surface area contributed by atoms with Gasteiger partial charge in [0, 0.05) is 6.61 Å². The van der Waals surface area contributed by atoms with Gasteiger partial charge in [-0.15, -0.1) is 0 Å². The summed E-state index contributed by atoms with van der Waals surface area (Å²) in [7, 11) is 0. The average Bonchev–Trinajstić information content (AvgIpc) is 2.57. The van der Waals surface area contributed by atoms with Gasteiger partial charge < -0.3 is 5.11 Å². The van der Waals surface area contributed by atoms with Crippen molar-refractivity contribution in [1.29, 1.82) is 0 Å². The van der Waals surface area contributed by atoms with Crippen LogP contribution in [0.1, 0.15) is 59.3 Å². The van der Waals surface area contributed by atoms with Crippen molar-refractivity contribution >= 4 is 0 Å². The van der Waals surface area contributed by atoms with Crippen LogP contribution in [0.4, 0.5) is 0 Å². The maximum Gasteiger partial charge on any atom is 0.0433 e. The Kier molecular flexibility index (Phi) is 3.63. The van der Waals surface area contributed by atoms with E-state index in [4.69, 9.17) is 5.11 Å². The average molecular weight is 224 g/mol. The molecule has 1 N–H and O–H groups in total. The molecule has 2 fully saturated rings. The molecule has 5 atom stereocenters. The molecule has 2 saturated carbocycles. The van der Waals surface area contributed by atoms with Gasteiger partial charge in [-0.1, -0.05) is 33.6 Å². The lowest BCUT2D eigenvalue weighted by Crippen LogP contribution is -2.38. The van der Waals surface area contributed by atoms with Crippen LogP contribution in [0.15, 0.2) is 0 Å². The van der Waals surface area contributed by atoms with Crippen molar-refractivity contribution in [2.24, 2.45) is 29.1 Å². The summed E-state index contributed by atoms with van der Waals surface area (Å²) in [6.45, 7) is 7.72. The molecule has 94 valence electrons. The summed E-state index contributed by atoms with van der Waals surface area (Å²) >= 11 is 0. The lowest BCUT2D eigenvalue weighted by molar-refractivity contribution is 0.0316. The van der Waals surface area contributed by atoms with Crippen LogP contribution < -0.4 is 0 Å². The molecule has 0 aliphatic heterocycles. The van der Waals surface area contributed by atoms with Crippen LogP contribution in [0.25, 0.3) is 0 Å². The second-order valence-corrected chi connectivity index (χ2v) is 6.66. The Bertz CT molecular complexity index is 238. The Hall–Kier alpha value is -0.0400. The van der Waals surface area contributed by atoms with Crippen LogP contribution >= 0.6 is 0 Å². The molecule has 1 nitrogen and oxygen atoms in total. The van der Waals surface area contributed by atoms with Gasteiger partial charge >= 0.3 is 0 Å². The van der Waals surface area contributed by atoms with Crippen molar-refractivity contribution in [3.8, 4) is 0 Å². The number of fused-ring (bicyclic) bond motifs is 1. The molecule has 0 aromatic heterocycles. The first-order valence-electron chi connectivity index (χ1n) is 7.20. The fourth-order valence-corrected chi connectivity index (χ4v) is 4.94. The molecule has 0 spiro atoms. The summed E-state index contributed by atoms with van der Waals surface area (Å²) in [5.74, 6) is 3.48. The molecule has 0 aromatic carbocycles. The predicted molar refractivity (Wildman–Crippen MR) is 68.2 cm³/mol. The SMILES string of the molecule is C[C@H](CCO)[C@H]1CC[C@H]2[C@@H](C)CCC[C@]12C. The molecule has 2 rings (SSSR count). The Morgan fingerprint density at radius 1 is 1.31 bits per heavy atom. The van der Waals surface area contributed by atoms with Crippen LogP contribution in [-0.2, 0) is 0 Å². The Balaban J connectivity index is 2.11. The van der Waals surface area contributed by atoms with Gasteiger partial charge in [-0.2, -0.15) is 0 Å². The van der Waals surface area contributed by atoms with E-state index in [-0.39, 0.29) is 0 Å². The van der Waals surface area contributed by atoms with Crippen LogP contribution in [0.5, 0.6) is 0 Å². The van der Waals surface area contributed by atoms with E-state index in [0.717, 1.165) is 24.2 Å². The van der Waals surface area contributed by atoms with Crippen molar-refractivity contribution < 1.29 is 5.11 Å². The minimum absolute atomic E-state index is 0.369. The van der Waals surface area contributed by atoms with Crippen LogP contribution in [0.3, 0.4) is 0 Å². The summed E-state index contributed by atoms with van der Waals surface area (Å²) in [5, 5.41) is 9.13. The third-order valence-corrected chi connectivity index (χ3v) is 5.82. The van der Waals surface area contributed by atoms with Gasteiger partial charge in [-0.25, -0.2) is 0 Å². The smallest absolute Gasteiger partial charge is 0.0433 e. The van der Waals surface area contributed by atoms with E-state index in [0.29, 0.717) is 17.9 Å². The van der Waals surface area contributed by atoms with E-state index in [1.807, 2.05) is 0 Å². The topological polar surface area (TPSA) is 20.2 Å². The van der Waals surface area contributed by atoms with Crippen LogP contribution in [0, 0.1) is 29.1 Å². The second kappa shape index (κ2) is 4.68. The third-order valence-electron chi connectivity index (χ3n) is 5.82. The van der Waals surface area contributed by atoms with Gasteiger partial charge in [0.2, 0.25) is 0 Å². The molecule has 0 bridgehead atoms. The first-order chi connectivity index (χ1) is 7.59. The highest BCUT2D eigenvalue weighted by Crippen LogP contribution is 2.59. The maximum atomic E-state index is 9.13. The fourth-order valence-electron chi connectivity index (χ4n) is 4.94. The molecule has 0 unspecified atom stereocenters. The van der Waals surface area contributed by atoms with Gasteiger partial charge in [-0.3, -0.25) is 0 Å². The molecule has 0 heterocycles. The van der Waals surface area contributed by atoms with Crippen molar-refractivity contribution in [3.05, 3.63) is 0 Å². The molecule has 2 aliphatic rings. The van der Waals surface area contributed by atoms with E-state index in [1.165, 1.54) is 32.1 Å². The summed E-state index contributed by atoms with van der Waals surface area (Å²) in [5.41, 5.74) is 0.590. The maximum absolute atomic E-state index is 9.13. The Morgan fingerprint density at radius 3 is 2.75 bits per heavy atom. The van der Waals surface area contributed by atoms with Gasteiger partial charge in [0.1, 0.15) is 0 Å². The lowest BCUT2D eigenvalue weighted by Gasteiger charge is -2.46. The molecule has 2 aliphatic carbocycles. The van der Waals surface area contributed by atoms with E-state index in [9.17, 15) is 0 Å². The fraction of sp³-hybridized carbons (Fsp3) is 1.00. The van der Waals surface area contributed by atoms with Crippen molar-refractivity contribution in [1.82, 2.24) is 0 Å². The van der Waals surface area contributed by atoms with E-state index in [2.05, 4.69) is 20.8 Å². The van der Waals surface area contributed by atoms with Gasteiger partial charge in [0.05, 0.1) is 0 Å².